The van der Waals surface area contributed by atoms with E-state index < -0.39 is 5.97 Å². The van der Waals surface area contributed by atoms with Gasteiger partial charge in [0.2, 0.25) is 0 Å². The molecular weight excluding hydrogens is 580 g/mol. The first kappa shape index (κ1) is 45.9. The van der Waals surface area contributed by atoms with Gasteiger partial charge in [-0.3, -0.25) is 9.59 Å². The van der Waals surface area contributed by atoms with Gasteiger partial charge in [0, 0.05) is 12.8 Å². The summed E-state index contributed by atoms with van der Waals surface area (Å²) in [5, 5.41) is 8.88. The topological polar surface area (TPSA) is 63.6 Å². The summed E-state index contributed by atoms with van der Waals surface area (Å²) in [5.41, 5.74) is 0. The highest BCUT2D eigenvalue weighted by molar-refractivity contribution is 5.71. The Morgan fingerprint density at radius 3 is 0.894 bits per heavy atom. The zero-order valence-electron chi connectivity index (χ0n) is 32.1. The molecule has 0 heterocycles. The van der Waals surface area contributed by atoms with Crippen LogP contribution in [-0.2, 0) is 14.3 Å². The van der Waals surface area contributed by atoms with Crippen LogP contribution in [-0.4, -0.2) is 23.1 Å². The quantitative estimate of drug-likeness (QED) is 0.0523. The monoisotopic (exact) mass is 665 g/mol. The molecule has 4 nitrogen and oxygen atoms in total. The van der Waals surface area contributed by atoms with Gasteiger partial charge in [0.25, 0.3) is 0 Å². The number of unbranched alkanes of at least 4 members (excludes halogenated alkanes) is 31. The Morgan fingerprint density at radius 2 is 0.638 bits per heavy atom. The van der Waals surface area contributed by atoms with Gasteiger partial charge in [-0.05, 0) is 32.1 Å². The van der Waals surface area contributed by atoms with E-state index in [-0.39, 0.29) is 24.9 Å². The molecule has 4 heteroatoms. The third-order valence-electron chi connectivity index (χ3n) is 10.1. The maximum Gasteiger partial charge on any atom is 0.306 e. The summed E-state index contributed by atoms with van der Waals surface area (Å²) in [6.07, 6.45) is 47.7. The van der Waals surface area contributed by atoms with Crippen LogP contribution in [0.1, 0.15) is 258 Å². The molecule has 1 unspecified atom stereocenters. The Morgan fingerprint density at radius 1 is 0.383 bits per heavy atom. The predicted octanol–water partition coefficient (Wildman–Crippen LogP) is 14.8. The fourth-order valence-corrected chi connectivity index (χ4v) is 6.91. The van der Waals surface area contributed by atoms with E-state index in [1.807, 2.05) is 0 Å². The van der Waals surface area contributed by atoms with Gasteiger partial charge in [0.1, 0.15) is 6.10 Å². The number of esters is 1. The summed E-state index contributed by atoms with van der Waals surface area (Å²) in [5.74, 6) is -1.05. The summed E-state index contributed by atoms with van der Waals surface area (Å²) in [7, 11) is 0. The lowest BCUT2D eigenvalue weighted by molar-refractivity contribution is -0.150. The van der Waals surface area contributed by atoms with Crippen LogP contribution in [0, 0.1) is 0 Å². The van der Waals surface area contributed by atoms with Crippen LogP contribution in [0.5, 0.6) is 0 Å². The molecule has 0 spiro atoms. The highest BCUT2D eigenvalue weighted by Crippen LogP contribution is 2.19. The Labute approximate surface area is 294 Å². The molecule has 0 saturated carbocycles. The minimum absolute atomic E-state index is 0.00955. The minimum atomic E-state index is -0.842. The maximum atomic E-state index is 12.4. The van der Waals surface area contributed by atoms with Crippen LogP contribution in [0.2, 0.25) is 0 Å². The van der Waals surface area contributed by atoms with Gasteiger partial charge in [-0.25, -0.2) is 0 Å². The number of carbonyl (C=O) groups excluding carboxylic acids is 1. The van der Waals surface area contributed by atoms with Crippen LogP contribution in [0.4, 0.5) is 0 Å². The molecule has 0 saturated heterocycles. The number of ether oxygens (including phenoxy) is 1. The third kappa shape index (κ3) is 39.3. The maximum absolute atomic E-state index is 12.4. The van der Waals surface area contributed by atoms with Gasteiger partial charge in [-0.1, -0.05) is 213 Å². The Bertz CT molecular complexity index is 633. The van der Waals surface area contributed by atoms with Crippen molar-refractivity contribution in [2.24, 2.45) is 0 Å². The van der Waals surface area contributed by atoms with Crippen molar-refractivity contribution in [2.75, 3.05) is 0 Å². The summed E-state index contributed by atoms with van der Waals surface area (Å²) in [6.45, 7) is 4.57. The molecule has 0 fully saturated rings. The first-order valence-electron chi connectivity index (χ1n) is 21.5. The van der Waals surface area contributed by atoms with Gasteiger partial charge in [0.05, 0.1) is 0 Å². The van der Waals surface area contributed by atoms with Crippen LogP contribution in [0.25, 0.3) is 0 Å². The second kappa shape index (κ2) is 39.4. The van der Waals surface area contributed by atoms with Crippen LogP contribution in [0.15, 0.2) is 0 Å². The van der Waals surface area contributed by atoms with Gasteiger partial charge in [-0.2, -0.15) is 0 Å². The van der Waals surface area contributed by atoms with E-state index in [0.29, 0.717) is 6.42 Å². The Hall–Kier alpha value is -1.06. The molecule has 0 aromatic rings. The highest BCUT2D eigenvalue weighted by atomic mass is 16.5. The highest BCUT2D eigenvalue weighted by Gasteiger charge is 2.15. The molecule has 0 aromatic heterocycles. The molecule has 0 aliphatic carbocycles. The predicted molar refractivity (Wildman–Crippen MR) is 204 cm³/mol. The lowest BCUT2D eigenvalue weighted by atomic mass is 10.0. The summed E-state index contributed by atoms with van der Waals surface area (Å²) in [4.78, 5) is 23.2. The van der Waals surface area contributed by atoms with E-state index in [9.17, 15) is 9.59 Å². The van der Waals surface area contributed by atoms with Crippen LogP contribution < -0.4 is 0 Å². The molecular formula is C43H84O4. The smallest absolute Gasteiger partial charge is 0.306 e. The van der Waals surface area contributed by atoms with Crippen molar-refractivity contribution in [3.63, 3.8) is 0 Å². The van der Waals surface area contributed by atoms with E-state index in [4.69, 9.17) is 9.84 Å². The SMILES string of the molecule is CCCCCCCCCCCCCCCCCCCC(CCCCCCCCCCCCCCCCCC)OC(=O)CCCC(=O)O. The van der Waals surface area contributed by atoms with E-state index in [2.05, 4.69) is 13.8 Å². The molecule has 1 atom stereocenters. The van der Waals surface area contributed by atoms with Crippen molar-refractivity contribution < 1.29 is 19.4 Å². The van der Waals surface area contributed by atoms with Gasteiger partial charge in [0.15, 0.2) is 0 Å². The van der Waals surface area contributed by atoms with Gasteiger partial charge >= 0.3 is 11.9 Å². The summed E-state index contributed by atoms with van der Waals surface area (Å²) >= 11 is 0. The molecule has 0 amide bonds. The number of rotatable bonds is 40. The molecule has 0 aliphatic rings. The van der Waals surface area contributed by atoms with Gasteiger partial charge in [-0.15, -0.1) is 0 Å². The molecule has 47 heavy (non-hydrogen) atoms. The van der Waals surface area contributed by atoms with E-state index in [1.54, 1.807) is 0 Å². The number of hydrogen-bond donors (Lipinski definition) is 1. The molecule has 0 aromatic carbocycles. The molecule has 0 bridgehead atoms. The fraction of sp³-hybridized carbons (Fsp3) is 0.953. The zero-order chi connectivity index (χ0) is 34.3. The minimum Gasteiger partial charge on any atom is -0.481 e. The van der Waals surface area contributed by atoms with Crippen LogP contribution >= 0.6 is 0 Å². The van der Waals surface area contributed by atoms with E-state index in [1.165, 1.54) is 199 Å². The normalized spacial score (nSPS) is 12.0. The van der Waals surface area contributed by atoms with Crippen molar-refractivity contribution in [3.05, 3.63) is 0 Å². The molecule has 280 valence electrons. The summed E-state index contributed by atoms with van der Waals surface area (Å²) in [6, 6.07) is 0. The van der Waals surface area contributed by atoms with Gasteiger partial charge < -0.3 is 9.84 Å². The van der Waals surface area contributed by atoms with Crippen molar-refractivity contribution in [2.45, 2.75) is 264 Å². The molecule has 1 N–H and O–H groups in total. The first-order valence-corrected chi connectivity index (χ1v) is 21.5. The average molecular weight is 665 g/mol. The summed E-state index contributed by atoms with van der Waals surface area (Å²) < 4.78 is 5.85. The molecule has 0 radical (unpaired) electrons. The van der Waals surface area contributed by atoms with E-state index in [0.717, 1.165) is 25.7 Å². The Kier molecular flexibility index (Phi) is 38.5. The van der Waals surface area contributed by atoms with Crippen molar-refractivity contribution >= 4 is 11.9 Å². The number of carboxylic acids is 1. The second-order valence-corrected chi connectivity index (χ2v) is 14.9. The largest absolute Gasteiger partial charge is 0.481 e. The lowest BCUT2D eigenvalue weighted by Crippen LogP contribution is -2.18. The number of aliphatic carboxylic acids is 1. The average Bonchev–Trinajstić information content (AvgIpc) is 3.05. The first-order chi connectivity index (χ1) is 23.1. The number of carboxylic acid groups (broad SMARTS) is 1. The van der Waals surface area contributed by atoms with Crippen molar-refractivity contribution in [1.29, 1.82) is 0 Å². The number of hydrogen-bond acceptors (Lipinski definition) is 3. The van der Waals surface area contributed by atoms with Crippen molar-refractivity contribution in [1.82, 2.24) is 0 Å². The molecule has 0 rings (SSSR count). The molecule has 0 aliphatic heterocycles. The fourth-order valence-electron chi connectivity index (χ4n) is 6.91. The van der Waals surface area contributed by atoms with E-state index >= 15 is 0 Å². The number of carbonyl (C=O) groups is 2. The zero-order valence-corrected chi connectivity index (χ0v) is 32.1. The standard InChI is InChI=1S/C43H84O4/c1-3-5-7-9-11-13-15-17-19-21-23-25-27-29-31-33-35-38-41(47-43(46)40-36-39-42(44)45)37-34-32-30-28-26-24-22-20-18-16-14-12-10-8-6-4-2/h41H,3-40H2,1-2H3,(H,44,45). The van der Waals surface area contributed by atoms with Crippen molar-refractivity contribution in [3.8, 4) is 0 Å². The van der Waals surface area contributed by atoms with Crippen LogP contribution in [0.3, 0.4) is 0 Å². The Balaban J connectivity index is 3.85. The second-order valence-electron chi connectivity index (χ2n) is 14.9. The lowest BCUT2D eigenvalue weighted by Gasteiger charge is -2.18. The third-order valence-corrected chi connectivity index (χ3v) is 10.1.